The minimum atomic E-state index is -0.293. The summed E-state index contributed by atoms with van der Waals surface area (Å²) in [6, 6.07) is 14.7. The average molecular weight is 444 g/mol. The first-order valence-corrected chi connectivity index (χ1v) is 10.7. The van der Waals surface area contributed by atoms with Crippen molar-refractivity contribution < 1.29 is 14.3 Å². The van der Waals surface area contributed by atoms with Gasteiger partial charge in [0.05, 0.1) is 11.3 Å². The van der Waals surface area contributed by atoms with Crippen LogP contribution in [0.2, 0.25) is 0 Å². The van der Waals surface area contributed by atoms with E-state index in [9.17, 15) is 9.59 Å². The van der Waals surface area contributed by atoms with Crippen LogP contribution in [0.4, 0.5) is 0 Å². The molecule has 2 N–H and O–H groups in total. The number of hydrogen-bond donors (Lipinski definition) is 2. The smallest absolute Gasteiger partial charge is 0.255 e. The lowest BCUT2D eigenvalue weighted by molar-refractivity contribution is -0.121. The van der Waals surface area contributed by atoms with Crippen LogP contribution in [-0.4, -0.2) is 32.7 Å². The van der Waals surface area contributed by atoms with Gasteiger partial charge in [-0.15, -0.1) is 0 Å². The third-order valence-electron chi connectivity index (χ3n) is 5.11. The van der Waals surface area contributed by atoms with Crippen molar-refractivity contribution >= 4 is 17.5 Å². The topological polar surface area (TPSA) is 97.6 Å². The van der Waals surface area contributed by atoms with Crippen molar-refractivity contribution in [2.45, 2.75) is 26.5 Å². The van der Waals surface area contributed by atoms with Crippen LogP contribution in [0.1, 0.15) is 33.6 Å². The summed E-state index contributed by atoms with van der Waals surface area (Å²) in [4.78, 5) is 33.3. The number of imidazole rings is 1. The van der Waals surface area contributed by atoms with Gasteiger partial charge in [-0.3, -0.25) is 14.6 Å². The number of ether oxygens (including phenoxy) is 1. The zero-order valence-electron chi connectivity index (χ0n) is 18.3. The quantitative estimate of drug-likeness (QED) is 0.414. The van der Waals surface area contributed by atoms with Gasteiger partial charge in [-0.2, -0.15) is 0 Å². The van der Waals surface area contributed by atoms with Crippen LogP contribution in [0.15, 0.2) is 73.3 Å². The van der Waals surface area contributed by atoms with Crippen LogP contribution in [0, 0.1) is 6.92 Å². The molecule has 0 saturated heterocycles. The second-order valence-electron chi connectivity index (χ2n) is 7.58. The lowest BCUT2D eigenvalue weighted by atomic mass is 10.2. The van der Waals surface area contributed by atoms with E-state index in [1.54, 1.807) is 30.6 Å². The molecule has 8 heteroatoms. The molecule has 0 aliphatic rings. The SMILES string of the molecule is Cc1cccn2cc(COc3ccccc3C(=O)NCCC(=O)NCc3ccncc3)nc12. The highest BCUT2D eigenvalue weighted by molar-refractivity contribution is 5.97. The lowest BCUT2D eigenvalue weighted by Crippen LogP contribution is -2.30. The summed E-state index contributed by atoms with van der Waals surface area (Å²) in [5.41, 5.74) is 4.10. The molecule has 0 spiro atoms. The van der Waals surface area contributed by atoms with Gasteiger partial charge in [0, 0.05) is 44.3 Å². The van der Waals surface area contributed by atoms with Gasteiger partial charge in [-0.05, 0) is 48.4 Å². The molecular weight excluding hydrogens is 418 g/mol. The fraction of sp³-hybridized carbons (Fsp3) is 0.200. The minimum absolute atomic E-state index is 0.140. The van der Waals surface area contributed by atoms with E-state index in [0.29, 0.717) is 17.9 Å². The summed E-state index contributed by atoms with van der Waals surface area (Å²) < 4.78 is 7.86. The van der Waals surface area contributed by atoms with E-state index in [1.807, 2.05) is 54.0 Å². The Bertz CT molecular complexity index is 1250. The highest BCUT2D eigenvalue weighted by Crippen LogP contribution is 2.20. The average Bonchev–Trinajstić information content (AvgIpc) is 3.27. The molecule has 0 bridgehead atoms. The summed E-state index contributed by atoms with van der Waals surface area (Å²) in [5.74, 6) is 0.0306. The molecule has 0 unspecified atom stereocenters. The van der Waals surface area contributed by atoms with Crippen molar-refractivity contribution in [3.8, 4) is 5.75 Å². The number of carbonyl (C=O) groups is 2. The van der Waals surface area contributed by atoms with Gasteiger partial charge in [0.15, 0.2) is 0 Å². The number of aryl methyl sites for hydroxylation is 1. The normalized spacial score (nSPS) is 10.7. The molecule has 3 heterocycles. The molecule has 2 amide bonds. The highest BCUT2D eigenvalue weighted by atomic mass is 16.5. The Labute approximate surface area is 191 Å². The predicted molar refractivity (Wildman–Crippen MR) is 124 cm³/mol. The Hall–Kier alpha value is -4.20. The van der Waals surface area contributed by atoms with Crippen molar-refractivity contribution in [3.05, 3.63) is 95.7 Å². The molecule has 3 aromatic heterocycles. The van der Waals surface area contributed by atoms with Crippen molar-refractivity contribution in [1.82, 2.24) is 25.0 Å². The maximum atomic E-state index is 12.7. The monoisotopic (exact) mass is 443 g/mol. The minimum Gasteiger partial charge on any atom is -0.486 e. The first kappa shape index (κ1) is 22.0. The lowest BCUT2D eigenvalue weighted by Gasteiger charge is -2.11. The van der Waals surface area contributed by atoms with Crippen LogP contribution in [0.5, 0.6) is 5.75 Å². The van der Waals surface area contributed by atoms with Crippen LogP contribution in [0.3, 0.4) is 0 Å². The number of pyridine rings is 2. The summed E-state index contributed by atoms with van der Waals surface area (Å²) in [6.07, 6.45) is 7.39. The van der Waals surface area contributed by atoms with E-state index in [2.05, 4.69) is 20.6 Å². The van der Waals surface area contributed by atoms with Crippen LogP contribution in [-0.2, 0) is 17.9 Å². The van der Waals surface area contributed by atoms with Gasteiger partial charge in [0.1, 0.15) is 18.0 Å². The van der Waals surface area contributed by atoms with Gasteiger partial charge in [-0.25, -0.2) is 4.98 Å². The van der Waals surface area contributed by atoms with Crippen molar-refractivity contribution in [3.63, 3.8) is 0 Å². The Balaban J connectivity index is 1.29. The van der Waals surface area contributed by atoms with E-state index in [-0.39, 0.29) is 31.4 Å². The molecule has 33 heavy (non-hydrogen) atoms. The van der Waals surface area contributed by atoms with Crippen LogP contribution >= 0.6 is 0 Å². The zero-order chi connectivity index (χ0) is 23.0. The molecule has 0 fully saturated rings. The number of nitrogens with zero attached hydrogens (tertiary/aromatic N) is 3. The molecule has 0 radical (unpaired) electrons. The first-order valence-electron chi connectivity index (χ1n) is 10.7. The van der Waals surface area contributed by atoms with Gasteiger partial charge in [0.25, 0.3) is 5.91 Å². The molecule has 168 valence electrons. The highest BCUT2D eigenvalue weighted by Gasteiger charge is 2.13. The summed E-state index contributed by atoms with van der Waals surface area (Å²) in [7, 11) is 0. The second kappa shape index (κ2) is 10.4. The third-order valence-corrected chi connectivity index (χ3v) is 5.11. The maximum absolute atomic E-state index is 12.7. The van der Waals surface area contributed by atoms with Gasteiger partial charge in [0.2, 0.25) is 5.91 Å². The number of benzene rings is 1. The molecule has 8 nitrogen and oxygen atoms in total. The standard InChI is InChI=1S/C25H25N5O3/c1-18-5-4-14-30-16-20(29-24(18)30)17-33-22-7-3-2-6-21(22)25(32)27-13-10-23(31)28-15-19-8-11-26-12-9-19/h2-9,11-12,14,16H,10,13,15,17H2,1H3,(H,27,32)(H,28,31). The van der Waals surface area contributed by atoms with Gasteiger partial charge in [-0.1, -0.05) is 18.2 Å². The summed E-state index contributed by atoms with van der Waals surface area (Å²) >= 11 is 0. The maximum Gasteiger partial charge on any atom is 0.255 e. The first-order chi connectivity index (χ1) is 16.1. The van der Waals surface area contributed by atoms with Crippen molar-refractivity contribution in [1.29, 1.82) is 0 Å². The number of aromatic nitrogens is 3. The number of hydrogen-bond acceptors (Lipinski definition) is 5. The Morgan fingerprint density at radius 2 is 1.85 bits per heavy atom. The third kappa shape index (κ3) is 5.74. The van der Waals surface area contributed by atoms with Crippen LogP contribution in [0.25, 0.3) is 5.65 Å². The molecule has 0 aliphatic carbocycles. The molecule has 0 saturated carbocycles. The summed E-state index contributed by atoms with van der Waals surface area (Å²) in [6.45, 7) is 2.89. The fourth-order valence-electron chi connectivity index (χ4n) is 3.38. The van der Waals surface area contributed by atoms with E-state index in [1.165, 1.54) is 0 Å². The molecular formula is C25H25N5O3. The molecule has 4 rings (SSSR count). The molecule has 4 aromatic rings. The van der Waals surface area contributed by atoms with Crippen molar-refractivity contribution in [2.75, 3.05) is 6.54 Å². The number of fused-ring (bicyclic) bond motifs is 1. The largest absolute Gasteiger partial charge is 0.486 e. The molecule has 1 aromatic carbocycles. The summed E-state index contributed by atoms with van der Waals surface area (Å²) in [5, 5.41) is 5.61. The molecule has 0 aliphatic heterocycles. The number of carbonyl (C=O) groups excluding carboxylic acids is 2. The number of nitrogens with one attached hydrogen (secondary N) is 2. The van der Waals surface area contributed by atoms with E-state index in [0.717, 1.165) is 22.5 Å². The van der Waals surface area contributed by atoms with E-state index >= 15 is 0 Å². The Morgan fingerprint density at radius 1 is 1.03 bits per heavy atom. The fourth-order valence-corrected chi connectivity index (χ4v) is 3.38. The van der Waals surface area contributed by atoms with Crippen molar-refractivity contribution in [2.24, 2.45) is 0 Å². The number of rotatable bonds is 9. The molecule has 0 atom stereocenters. The van der Waals surface area contributed by atoms with Gasteiger partial charge >= 0.3 is 0 Å². The second-order valence-corrected chi connectivity index (χ2v) is 7.58. The zero-order valence-corrected chi connectivity index (χ0v) is 18.3. The Morgan fingerprint density at radius 3 is 2.67 bits per heavy atom. The number of para-hydroxylation sites is 1. The van der Waals surface area contributed by atoms with Crippen LogP contribution < -0.4 is 15.4 Å². The van der Waals surface area contributed by atoms with E-state index in [4.69, 9.17) is 4.74 Å². The van der Waals surface area contributed by atoms with Gasteiger partial charge < -0.3 is 19.8 Å². The van der Waals surface area contributed by atoms with E-state index < -0.39 is 0 Å². The Kier molecular flexibility index (Phi) is 6.94. The number of amides is 2. The predicted octanol–water partition coefficient (Wildman–Crippen LogP) is 3.05.